The van der Waals surface area contributed by atoms with E-state index in [0.717, 1.165) is 9.79 Å². The zero-order valence-electron chi connectivity index (χ0n) is 12.5. The van der Waals surface area contributed by atoms with Gasteiger partial charge in [-0.25, -0.2) is 8.42 Å². The van der Waals surface area contributed by atoms with E-state index >= 15 is 0 Å². The third kappa shape index (κ3) is 4.07. The number of hydrogen-bond donors (Lipinski definition) is 1. The van der Waals surface area contributed by atoms with E-state index in [9.17, 15) is 8.42 Å². The van der Waals surface area contributed by atoms with Crippen LogP contribution in [0.4, 0.5) is 0 Å². The molecule has 0 saturated heterocycles. The van der Waals surface area contributed by atoms with Crippen molar-refractivity contribution in [1.29, 1.82) is 0 Å². The summed E-state index contributed by atoms with van der Waals surface area (Å²) in [4.78, 5) is 2.44. The molecule has 1 atom stereocenters. The molecule has 0 aliphatic carbocycles. The van der Waals surface area contributed by atoms with Crippen LogP contribution in [-0.4, -0.2) is 31.6 Å². The topological polar surface area (TPSA) is 37.4 Å². The molecule has 0 fully saturated rings. The fourth-order valence-electron chi connectivity index (χ4n) is 1.82. The van der Waals surface area contributed by atoms with Crippen LogP contribution in [0.1, 0.15) is 6.92 Å². The lowest BCUT2D eigenvalue weighted by Crippen LogP contribution is -2.36. The average Bonchev–Trinajstić information content (AvgIpc) is 2.55. The second kappa shape index (κ2) is 7.55. The van der Waals surface area contributed by atoms with Crippen LogP contribution < -0.4 is 0 Å². The summed E-state index contributed by atoms with van der Waals surface area (Å²) in [5.41, 5.74) is 0. The van der Waals surface area contributed by atoms with Crippen molar-refractivity contribution in [3.8, 4) is 0 Å². The summed E-state index contributed by atoms with van der Waals surface area (Å²) >= 11 is 5.77. The standard InChI is InChI=1S/C16H19NO2S3/c1-13(12-20)17(2)22(18,19)16-10-8-15(9-11-16)21-14-6-4-3-5-7-14/h3-11,13,20H,12H2,1-2H3/t13-/m1/s1. The highest BCUT2D eigenvalue weighted by atomic mass is 32.2. The number of thiol groups is 1. The van der Waals surface area contributed by atoms with E-state index in [0.29, 0.717) is 10.6 Å². The second-order valence-electron chi connectivity index (χ2n) is 4.94. The highest BCUT2D eigenvalue weighted by Crippen LogP contribution is 2.28. The van der Waals surface area contributed by atoms with Crippen LogP contribution in [0.2, 0.25) is 0 Å². The largest absolute Gasteiger partial charge is 0.243 e. The maximum Gasteiger partial charge on any atom is 0.243 e. The molecule has 0 aromatic heterocycles. The molecule has 0 aliphatic heterocycles. The molecule has 0 saturated carbocycles. The van der Waals surface area contributed by atoms with Gasteiger partial charge >= 0.3 is 0 Å². The van der Waals surface area contributed by atoms with E-state index in [1.807, 2.05) is 49.4 Å². The quantitative estimate of drug-likeness (QED) is 0.803. The van der Waals surface area contributed by atoms with Crippen molar-refractivity contribution < 1.29 is 8.42 Å². The monoisotopic (exact) mass is 353 g/mol. The van der Waals surface area contributed by atoms with E-state index < -0.39 is 10.0 Å². The summed E-state index contributed by atoms with van der Waals surface area (Å²) in [5, 5.41) is 0. The molecule has 2 rings (SSSR count). The molecule has 3 nitrogen and oxygen atoms in total. The van der Waals surface area contributed by atoms with Crippen molar-refractivity contribution in [1.82, 2.24) is 4.31 Å². The van der Waals surface area contributed by atoms with Crippen molar-refractivity contribution >= 4 is 34.4 Å². The lowest BCUT2D eigenvalue weighted by atomic mass is 10.4. The van der Waals surface area contributed by atoms with Gasteiger partial charge in [-0.3, -0.25) is 0 Å². The van der Waals surface area contributed by atoms with Crippen LogP contribution in [0.15, 0.2) is 69.3 Å². The molecule has 0 heterocycles. The normalized spacial score (nSPS) is 13.3. The number of benzene rings is 2. The Kier molecular flexibility index (Phi) is 5.97. The Morgan fingerprint density at radius 1 is 1.05 bits per heavy atom. The number of rotatable bonds is 6. The van der Waals surface area contributed by atoms with Crippen LogP contribution in [0.3, 0.4) is 0 Å². The third-order valence-corrected chi connectivity index (χ3v) is 6.89. The second-order valence-corrected chi connectivity index (χ2v) is 8.45. The first kappa shape index (κ1) is 17.4. The maximum absolute atomic E-state index is 12.5. The summed E-state index contributed by atoms with van der Waals surface area (Å²) in [5.74, 6) is 0.484. The summed E-state index contributed by atoms with van der Waals surface area (Å²) in [6.45, 7) is 1.84. The van der Waals surface area contributed by atoms with Crippen molar-refractivity contribution in [2.75, 3.05) is 12.8 Å². The molecular weight excluding hydrogens is 334 g/mol. The first-order valence-electron chi connectivity index (χ1n) is 6.87. The fraction of sp³-hybridized carbons (Fsp3) is 0.250. The van der Waals surface area contributed by atoms with Gasteiger partial charge < -0.3 is 0 Å². The highest BCUT2D eigenvalue weighted by molar-refractivity contribution is 7.99. The third-order valence-electron chi connectivity index (χ3n) is 3.36. The van der Waals surface area contributed by atoms with Crippen molar-refractivity contribution in [3.05, 3.63) is 54.6 Å². The zero-order chi connectivity index (χ0) is 16.2. The van der Waals surface area contributed by atoms with Crippen LogP contribution in [-0.2, 0) is 10.0 Å². The molecule has 0 amide bonds. The van der Waals surface area contributed by atoms with Crippen LogP contribution in [0, 0.1) is 0 Å². The maximum atomic E-state index is 12.5. The summed E-state index contributed by atoms with van der Waals surface area (Å²) in [6.07, 6.45) is 0. The Morgan fingerprint density at radius 2 is 1.59 bits per heavy atom. The van der Waals surface area contributed by atoms with E-state index in [2.05, 4.69) is 12.6 Å². The van der Waals surface area contributed by atoms with E-state index in [-0.39, 0.29) is 6.04 Å². The van der Waals surface area contributed by atoms with Gasteiger partial charge in [0.15, 0.2) is 0 Å². The van der Waals surface area contributed by atoms with E-state index in [1.165, 1.54) is 4.31 Å². The van der Waals surface area contributed by atoms with Crippen LogP contribution in [0.25, 0.3) is 0 Å². The highest BCUT2D eigenvalue weighted by Gasteiger charge is 2.24. The Hall–Kier alpha value is -0.950. The van der Waals surface area contributed by atoms with Gasteiger partial charge in [0.25, 0.3) is 0 Å². The molecule has 6 heteroatoms. The van der Waals surface area contributed by atoms with Crippen molar-refractivity contribution in [2.45, 2.75) is 27.7 Å². The molecular formula is C16H19NO2S3. The SMILES string of the molecule is C[C@H](CS)N(C)S(=O)(=O)c1ccc(Sc2ccccc2)cc1. The van der Waals surface area contributed by atoms with Gasteiger partial charge in [-0.05, 0) is 43.3 Å². The first-order valence-corrected chi connectivity index (χ1v) is 9.76. The number of hydrogen-bond acceptors (Lipinski definition) is 4. The minimum Gasteiger partial charge on any atom is -0.207 e. The van der Waals surface area contributed by atoms with Gasteiger partial charge in [-0.15, -0.1) is 0 Å². The molecule has 0 unspecified atom stereocenters. The smallest absolute Gasteiger partial charge is 0.207 e. The molecule has 118 valence electrons. The number of nitrogens with zero attached hydrogens (tertiary/aromatic N) is 1. The Balaban J connectivity index is 2.18. The van der Waals surface area contributed by atoms with Crippen molar-refractivity contribution in [3.63, 3.8) is 0 Å². The molecule has 0 bridgehead atoms. The fourth-order valence-corrected chi connectivity index (χ4v) is 4.38. The van der Waals surface area contributed by atoms with Gasteiger partial charge in [0.1, 0.15) is 0 Å². The van der Waals surface area contributed by atoms with Crippen molar-refractivity contribution in [2.24, 2.45) is 0 Å². The molecule has 2 aromatic carbocycles. The number of sulfonamides is 1. The average molecular weight is 354 g/mol. The minimum absolute atomic E-state index is 0.147. The molecule has 0 radical (unpaired) electrons. The summed E-state index contributed by atoms with van der Waals surface area (Å²) < 4.78 is 26.3. The van der Waals surface area contributed by atoms with E-state index in [4.69, 9.17) is 0 Å². The van der Waals surface area contributed by atoms with E-state index in [1.54, 1.807) is 30.9 Å². The predicted octanol–water partition coefficient (Wildman–Crippen LogP) is 3.78. The van der Waals surface area contributed by atoms with Gasteiger partial charge in [-0.1, -0.05) is 30.0 Å². The Bertz CT molecular complexity index is 700. The van der Waals surface area contributed by atoms with Gasteiger partial charge in [0.05, 0.1) is 4.90 Å². The zero-order valence-corrected chi connectivity index (χ0v) is 15.0. The predicted molar refractivity (Wildman–Crippen MR) is 95.3 cm³/mol. The Labute approximate surface area is 142 Å². The molecule has 0 spiro atoms. The summed E-state index contributed by atoms with van der Waals surface area (Å²) in [7, 11) is -1.88. The van der Waals surface area contributed by atoms with Crippen LogP contribution >= 0.6 is 24.4 Å². The molecule has 2 aromatic rings. The summed E-state index contributed by atoms with van der Waals surface area (Å²) in [6, 6.07) is 16.8. The van der Waals surface area contributed by atoms with Crippen LogP contribution in [0.5, 0.6) is 0 Å². The Morgan fingerprint density at radius 3 is 2.14 bits per heavy atom. The molecule has 0 aliphatic rings. The first-order chi connectivity index (χ1) is 10.4. The van der Waals surface area contributed by atoms with Gasteiger partial charge in [0, 0.05) is 28.6 Å². The lowest BCUT2D eigenvalue weighted by Gasteiger charge is -2.22. The van der Waals surface area contributed by atoms with Gasteiger partial charge in [0.2, 0.25) is 10.0 Å². The van der Waals surface area contributed by atoms with Gasteiger partial charge in [-0.2, -0.15) is 16.9 Å². The minimum atomic E-state index is -3.46. The molecule has 22 heavy (non-hydrogen) atoms. The lowest BCUT2D eigenvalue weighted by molar-refractivity contribution is 0.415. The molecule has 0 N–H and O–H groups in total.